The van der Waals surface area contributed by atoms with Gasteiger partial charge in [-0.2, -0.15) is 0 Å². The first-order valence-corrected chi connectivity index (χ1v) is 5.46. The molecule has 88 valence electrons. The van der Waals surface area contributed by atoms with E-state index in [9.17, 15) is 4.79 Å². The van der Waals surface area contributed by atoms with Crippen molar-refractivity contribution in [3.8, 4) is 0 Å². The van der Waals surface area contributed by atoms with Crippen molar-refractivity contribution in [2.75, 3.05) is 13.2 Å². The first kappa shape index (κ1) is 12.5. The standard InChI is InChI=1S/C11H21NO3/c1-11(2,3)15-10(13)8-4-6-14-7-5-9(8)12/h8-9H,4-7,12H2,1-3H3/t8-,9-/m1/s1. The summed E-state index contributed by atoms with van der Waals surface area (Å²) in [7, 11) is 0. The number of hydrogen-bond acceptors (Lipinski definition) is 4. The Labute approximate surface area is 91.1 Å². The topological polar surface area (TPSA) is 61.5 Å². The third kappa shape index (κ3) is 4.18. The highest BCUT2D eigenvalue weighted by Gasteiger charge is 2.31. The van der Waals surface area contributed by atoms with Crippen molar-refractivity contribution in [2.45, 2.75) is 45.3 Å². The van der Waals surface area contributed by atoms with E-state index in [1.165, 1.54) is 0 Å². The van der Waals surface area contributed by atoms with E-state index in [1.807, 2.05) is 20.8 Å². The lowest BCUT2D eigenvalue weighted by molar-refractivity contribution is -0.161. The first-order valence-electron chi connectivity index (χ1n) is 5.46. The summed E-state index contributed by atoms with van der Waals surface area (Å²) >= 11 is 0. The molecule has 2 N–H and O–H groups in total. The van der Waals surface area contributed by atoms with Gasteiger partial charge < -0.3 is 15.2 Å². The number of ether oxygens (including phenoxy) is 2. The van der Waals surface area contributed by atoms with Gasteiger partial charge in [0, 0.05) is 19.3 Å². The summed E-state index contributed by atoms with van der Waals surface area (Å²) in [5.74, 6) is -0.410. The summed E-state index contributed by atoms with van der Waals surface area (Å²) in [5.41, 5.74) is 5.48. The Balaban J connectivity index is 2.56. The third-order valence-electron chi connectivity index (χ3n) is 2.40. The molecule has 15 heavy (non-hydrogen) atoms. The molecule has 0 radical (unpaired) electrons. The van der Waals surface area contributed by atoms with Gasteiger partial charge in [-0.15, -0.1) is 0 Å². The minimum Gasteiger partial charge on any atom is -0.460 e. The van der Waals surface area contributed by atoms with Gasteiger partial charge in [0.25, 0.3) is 0 Å². The quantitative estimate of drug-likeness (QED) is 0.665. The summed E-state index contributed by atoms with van der Waals surface area (Å²) < 4.78 is 10.6. The predicted molar refractivity (Wildman–Crippen MR) is 57.4 cm³/mol. The van der Waals surface area contributed by atoms with Crippen LogP contribution in [0.25, 0.3) is 0 Å². The molecule has 1 heterocycles. The Kier molecular flexibility index (Phi) is 4.11. The number of hydrogen-bond donors (Lipinski definition) is 1. The summed E-state index contributed by atoms with van der Waals surface area (Å²) in [6.45, 7) is 6.83. The Morgan fingerprint density at radius 1 is 1.33 bits per heavy atom. The number of esters is 1. The molecule has 4 heteroatoms. The van der Waals surface area contributed by atoms with Gasteiger partial charge in [0.1, 0.15) is 5.60 Å². The number of rotatable bonds is 1. The van der Waals surface area contributed by atoms with Crippen molar-refractivity contribution in [1.82, 2.24) is 0 Å². The lowest BCUT2D eigenvalue weighted by atomic mass is 9.95. The molecule has 1 aliphatic rings. The number of carbonyl (C=O) groups excluding carboxylic acids is 1. The highest BCUT2D eigenvalue weighted by atomic mass is 16.6. The van der Waals surface area contributed by atoms with Gasteiger partial charge in [-0.25, -0.2) is 0 Å². The molecule has 1 aliphatic heterocycles. The highest BCUT2D eigenvalue weighted by molar-refractivity contribution is 5.73. The van der Waals surface area contributed by atoms with Gasteiger partial charge in [-0.1, -0.05) is 0 Å². The molecule has 0 aromatic carbocycles. The molecule has 0 spiro atoms. The second-order valence-electron chi connectivity index (χ2n) is 4.99. The van der Waals surface area contributed by atoms with E-state index < -0.39 is 5.60 Å². The van der Waals surface area contributed by atoms with Crippen molar-refractivity contribution in [1.29, 1.82) is 0 Å². The van der Waals surface area contributed by atoms with Crippen LogP contribution in [-0.4, -0.2) is 30.8 Å². The summed E-state index contributed by atoms with van der Waals surface area (Å²) in [6.07, 6.45) is 1.39. The fourth-order valence-electron chi connectivity index (χ4n) is 1.62. The zero-order valence-corrected chi connectivity index (χ0v) is 9.79. The van der Waals surface area contributed by atoms with Crippen molar-refractivity contribution in [3.63, 3.8) is 0 Å². The Morgan fingerprint density at radius 3 is 2.53 bits per heavy atom. The Bertz CT molecular complexity index is 222. The fourth-order valence-corrected chi connectivity index (χ4v) is 1.62. The van der Waals surface area contributed by atoms with E-state index in [0.717, 1.165) is 6.42 Å². The second-order valence-corrected chi connectivity index (χ2v) is 4.99. The number of nitrogens with two attached hydrogens (primary N) is 1. The SMILES string of the molecule is CC(C)(C)OC(=O)[C@@H]1CCOCC[C@H]1N. The van der Waals surface area contributed by atoms with Gasteiger partial charge in [-0.3, -0.25) is 4.79 Å². The van der Waals surface area contributed by atoms with Gasteiger partial charge in [-0.05, 0) is 33.6 Å². The molecular weight excluding hydrogens is 194 g/mol. The fraction of sp³-hybridized carbons (Fsp3) is 0.909. The monoisotopic (exact) mass is 215 g/mol. The molecule has 1 fully saturated rings. The van der Waals surface area contributed by atoms with Crippen LogP contribution in [0.4, 0.5) is 0 Å². The largest absolute Gasteiger partial charge is 0.460 e. The van der Waals surface area contributed by atoms with Crippen LogP contribution in [0.3, 0.4) is 0 Å². The smallest absolute Gasteiger partial charge is 0.311 e. The van der Waals surface area contributed by atoms with Gasteiger partial charge in [0.15, 0.2) is 0 Å². The van der Waals surface area contributed by atoms with Crippen LogP contribution in [0.2, 0.25) is 0 Å². The summed E-state index contributed by atoms with van der Waals surface area (Å²) in [5, 5.41) is 0. The van der Waals surface area contributed by atoms with E-state index in [0.29, 0.717) is 19.6 Å². The zero-order chi connectivity index (χ0) is 11.5. The van der Waals surface area contributed by atoms with E-state index in [1.54, 1.807) is 0 Å². The lowest BCUT2D eigenvalue weighted by Crippen LogP contribution is -2.39. The van der Waals surface area contributed by atoms with Crippen LogP contribution in [0.1, 0.15) is 33.6 Å². The molecule has 0 aromatic rings. The molecule has 0 saturated carbocycles. The average Bonchev–Trinajstić information content (AvgIpc) is 2.26. The molecule has 1 saturated heterocycles. The average molecular weight is 215 g/mol. The van der Waals surface area contributed by atoms with Crippen molar-refractivity contribution in [3.05, 3.63) is 0 Å². The van der Waals surface area contributed by atoms with E-state index in [4.69, 9.17) is 15.2 Å². The van der Waals surface area contributed by atoms with Crippen LogP contribution in [0.5, 0.6) is 0 Å². The van der Waals surface area contributed by atoms with Gasteiger partial charge in [0.05, 0.1) is 5.92 Å². The molecular formula is C11H21NO3. The molecule has 0 unspecified atom stereocenters. The first-order chi connectivity index (χ1) is 6.90. The number of carbonyl (C=O) groups is 1. The maximum absolute atomic E-state index is 11.8. The predicted octanol–water partition coefficient (Wildman–Crippen LogP) is 1.08. The molecule has 0 aromatic heterocycles. The lowest BCUT2D eigenvalue weighted by Gasteiger charge is -2.25. The van der Waals surface area contributed by atoms with Gasteiger partial charge in [0.2, 0.25) is 0 Å². The maximum Gasteiger partial charge on any atom is 0.311 e. The maximum atomic E-state index is 11.8. The molecule has 1 rings (SSSR count). The van der Waals surface area contributed by atoms with E-state index >= 15 is 0 Å². The normalized spacial score (nSPS) is 28.3. The zero-order valence-electron chi connectivity index (χ0n) is 9.79. The van der Waals surface area contributed by atoms with Gasteiger partial charge >= 0.3 is 5.97 Å². The van der Waals surface area contributed by atoms with Crippen molar-refractivity contribution >= 4 is 5.97 Å². The van der Waals surface area contributed by atoms with Crippen LogP contribution < -0.4 is 5.73 Å². The minimum absolute atomic E-state index is 0.137. The van der Waals surface area contributed by atoms with Crippen LogP contribution in [0, 0.1) is 5.92 Å². The van der Waals surface area contributed by atoms with Crippen LogP contribution >= 0.6 is 0 Å². The Morgan fingerprint density at radius 2 is 1.93 bits per heavy atom. The van der Waals surface area contributed by atoms with E-state index in [-0.39, 0.29) is 17.9 Å². The molecule has 2 atom stereocenters. The summed E-state index contributed by atoms with van der Waals surface area (Å²) in [4.78, 5) is 11.8. The molecule has 0 bridgehead atoms. The van der Waals surface area contributed by atoms with Crippen molar-refractivity contribution in [2.24, 2.45) is 11.7 Å². The molecule has 0 aliphatic carbocycles. The Hall–Kier alpha value is -0.610. The molecule has 0 amide bonds. The minimum atomic E-state index is -0.441. The highest BCUT2D eigenvalue weighted by Crippen LogP contribution is 2.19. The summed E-state index contributed by atoms with van der Waals surface area (Å²) in [6, 6.07) is -0.137. The van der Waals surface area contributed by atoms with Crippen LogP contribution in [-0.2, 0) is 14.3 Å². The molecule has 4 nitrogen and oxygen atoms in total. The third-order valence-corrected chi connectivity index (χ3v) is 2.40. The van der Waals surface area contributed by atoms with Crippen molar-refractivity contribution < 1.29 is 14.3 Å². The second kappa shape index (κ2) is 4.94. The van der Waals surface area contributed by atoms with E-state index in [2.05, 4.69) is 0 Å². The van der Waals surface area contributed by atoms with Crippen LogP contribution in [0.15, 0.2) is 0 Å².